The van der Waals surface area contributed by atoms with E-state index < -0.39 is 41.1 Å². The number of nitrogens with zero attached hydrogens (tertiary/aromatic N) is 3. The van der Waals surface area contributed by atoms with Gasteiger partial charge in [0.2, 0.25) is 0 Å². The van der Waals surface area contributed by atoms with E-state index in [2.05, 4.69) is 26.1 Å². The predicted molar refractivity (Wildman–Crippen MR) is 124 cm³/mol. The molecule has 0 amide bonds. The summed E-state index contributed by atoms with van der Waals surface area (Å²) < 4.78 is 45.1. The standard InChI is InChI=1S/C16H21N5O8P2S2/c1-32-33-9-26-11-5-13(28-12(11)7-27-31(24,25)29-30(22)23)21-6-10(3-2-4-17)14-15(18)19-8-20-16(14)21/h6,8,11-13H,4-5,7,9,17H2,1H3,(H3-,18,19,20,22,23,24,25)/p+1/t11-,12?,13+/m0/s1. The normalized spacial score (nSPS) is 22.7. The molecular formula is C16H22N5O8P2S2+. The van der Waals surface area contributed by atoms with Crippen LogP contribution in [0.1, 0.15) is 18.2 Å². The van der Waals surface area contributed by atoms with Crippen LogP contribution in [0.15, 0.2) is 12.5 Å². The van der Waals surface area contributed by atoms with Crippen LogP contribution < -0.4 is 11.5 Å². The number of anilines is 1. The van der Waals surface area contributed by atoms with Gasteiger partial charge in [-0.2, -0.15) is 0 Å². The maximum Gasteiger partial charge on any atom is 0.705 e. The summed E-state index contributed by atoms with van der Waals surface area (Å²) in [5.41, 5.74) is 12.6. The minimum absolute atomic E-state index is 0.158. The molecule has 3 heterocycles. The van der Waals surface area contributed by atoms with Gasteiger partial charge in [-0.1, -0.05) is 33.4 Å². The first kappa shape index (κ1) is 26.3. The Morgan fingerprint density at radius 1 is 1.48 bits per heavy atom. The molecule has 180 valence electrons. The molecular weight excluding hydrogens is 516 g/mol. The Hall–Kier alpha value is -1.27. The zero-order chi connectivity index (χ0) is 24.0. The highest BCUT2D eigenvalue weighted by molar-refractivity contribution is 8.76. The maximum absolute atomic E-state index is 11.8. The van der Waals surface area contributed by atoms with Crippen LogP contribution in [0.5, 0.6) is 0 Å². The molecule has 0 saturated carbocycles. The van der Waals surface area contributed by atoms with E-state index in [0.29, 0.717) is 29.0 Å². The van der Waals surface area contributed by atoms with E-state index in [1.807, 2.05) is 6.26 Å². The molecule has 3 unspecified atom stereocenters. The molecule has 0 spiro atoms. The number of nitrogens with two attached hydrogens (primary N) is 2. The van der Waals surface area contributed by atoms with Gasteiger partial charge in [-0.15, -0.1) is 4.89 Å². The van der Waals surface area contributed by atoms with E-state index >= 15 is 0 Å². The molecule has 0 bridgehead atoms. The smallest absolute Gasteiger partial charge is 0.383 e. The highest BCUT2D eigenvalue weighted by atomic mass is 33.1. The van der Waals surface area contributed by atoms with Crippen molar-refractivity contribution < 1.29 is 37.2 Å². The summed E-state index contributed by atoms with van der Waals surface area (Å²) in [6, 6.07) is 0. The van der Waals surface area contributed by atoms with Crippen LogP contribution in [0.4, 0.5) is 5.82 Å². The van der Waals surface area contributed by atoms with Crippen molar-refractivity contribution in [2.45, 2.75) is 24.9 Å². The highest BCUT2D eigenvalue weighted by Crippen LogP contribution is 2.51. The fourth-order valence-electron chi connectivity index (χ4n) is 3.21. The van der Waals surface area contributed by atoms with Crippen LogP contribution in [0, 0.1) is 11.8 Å². The molecule has 1 saturated heterocycles. The molecule has 1 aliphatic heterocycles. The Balaban J connectivity index is 1.86. The molecule has 0 aromatic carbocycles. The first-order valence-corrected chi connectivity index (χ1v) is 14.7. The third-order valence-electron chi connectivity index (χ3n) is 4.48. The first-order valence-electron chi connectivity index (χ1n) is 9.31. The number of phosphoric ester groups is 1. The summed E-state index contributed by atoms with van der Waals surface area (Å²) in [6.07, 6.45) is 3.39. The lowest BCUT2D eigenvalue weighted by molar-refractivity contribution is -0.0518. The van der Waals surface area contributed by atoms with Crippen molar-refractivity contribution in [1.29, 1.82) is 0 Å². The lowest BCUT2D eigenvalue weighted by Gasteiger charge is -2.18. The number of phosphoric acid groups is 1. The largest absolute Gasteiger partial charge is 0.705 e. The fourth-order valence-corrected chi connectivity index (χ4v) is 5.22. The van der Waals surface area contributed by atoms with Gasteiger partial charge in [0.05, 0.1) is 30.2 Å². The van der Waals surface area contributed by atoms with E-state index in [9.17, 15) is 14.0 Å². The Bertz CT molecular complexity index is 1110. The molecule has 2 aromatic rings. The molecule has 1 fully saturated rings. The number of hydrogen-bond donors (Lipinski definition) is 4. The molecule has 13 nitrogen and oxygen atoms in total. The minimum atomic E-state index is -4.76. The fraction of sp³-hybridized carbons (Fsp3) is 0.500. The van der Waals surface area contributed by atoms with Gasteiger partial charge in [0, 0.05) is 17.2 Å². The summed E-state index contributed by atoms with van der Waals surface area (Å²) in [5.74, 6) is 6.31. The number of aromatic nitrogens is 3. The third-order valence-corrected chi connectivity index (χ3v) is 7.80. The molecule has 1 aliphatic rings. The molecule has 2 aromatic heterocycles. The Kier molecular flexibility index (Phi) is 9.52. The lowest BCUT2D eigenvalue weighted by atomic mass is 10.2. The highest BCUT2D eigenvalue weighted by Gasteiger charge is 2.42. The van der Waals surface area contributed by atoms with E-state index in [0.717, 1.165) is 0 Å². The van der Waals surface area contributed by atoms with Gasteiger partial charge in [-0.3, -0.25) is 9.42 Å². The zero-order valence-electron chi connectivity index (χ0n) is 17.3. The van der Waals surface area contributed by atoms with Crippen molar-refractivity contribution in [2.75, 3.05) is 31.1 Å². The molecule has 17 heteroatoms. The SMILES string of the molecule is CSSCO[C@H]1C[C@H](n2cc(C#CCN)c3c(N)ncnc32)OC1COP(=O)(O)O[P+](=O)O. The Morgan fingerprint density at radius 3 is 2.97 bits per heavy atom. The van der Waals surface area contributed by atoms with Crippen LogP contribution in [-0.2, 0) is 27.4 Å². The van der Waals surface area contributed by atoms with Gasteiger partial charge in [-0.05, 0) is 10.6 Å². The summed E-state index contributed by atoms with van der Waals surface area (Å²) in [6.45, 7) is -0.260. The van der Waals surface area contributed by atoms with Crippen molar-refractivity contribution in [2.24, 2.45) is 5.73 Å². The average Bonchev–Trinajstić information content (AvgIpc) is 3.32. The number of ether oxygens (including phenoxy) is 2. The van der Waals surface area contributed by atoms with E-state index in [1.165, 1.54) is 27.9 Å². The molecule has 3 rings (SSSR count). The van der Waals surface area contributed by atoms with Crippen molar-refractivity contribution in [1.82, 2.24) is 14.5 Å². The Morgan fingerprint density at radius 2 is 2.27 bits per heavy atom. The Labute approximate surface area is 197 Å². The topological polar surface area (TPSA) is 194 Å². The van der Waals surface area contributed by atoms with Crippen molar-refractivity contribution in [3.8, 4) is 11.8 Å². The van der Waals surface area contributed by atoms with E-state index in [-0.39, 0.29) is 12.4 Å². The lowest BCUT2D eigenvalue weighted by Crippen LogP contribution is -2.28. The summed E-state index contributed by atoms with van der Waals surface area (Å²) in [7, 11) is -5.10. The van der Waals surface area contributed by atoms with Gasteiger partial charge < -0.3 is 25.5 Å². The van der Waals surface area contributed by atoms with Gasteiger partial charge in [0.15, 0.2) is 0 Å². The summed E-state index contributed by atoms with van der Waals surface area (Å²) in [4.78, 5) is 26.6. The third kappa shape index (κ3) is 6.88. The van der Waals surface area contributed by atoms with Crippen LogP contribution in [-0.4, -0.2) is 61.9 Å². The molecule has 0 aliphatic carbocycles. The van der Waals surface area contributed by atoms with Gasteiger partial charge in [0.25, 0.3) is 0 Å². The summed E-state index contributed by atoms with van der Waals surface area (Å²) >= 11 is 0. The average molecular weight is 538 g/mol. The first-order chi connectivity index (χ1) is 15.8. The molecule has 0 radical (unpaired) electrons. The van der Waals surface area contributed by atoms with Crippen LogP contribution >= 0.6 is 37.7 Å². The number of fused-ring (bicyclic) bond motifs is 1. The van der Waals surface area contributed by atoms with E-state index in [1.54, 1.807) is 10.8 Å². The second-order valence-electron chi connectivity index (χ2n) is 6.47. The molecule has 6 N–H and O–H groups in total. The van der Waals surface area contributed by atoms with Crippen LogP contribution in [0.25, 0.3) is 11.0 Å². The molecule has 33 heavy (non-hydrogen) atoms. The second kappa shape index (κ2) is 11.9. The second-order valence-corrected chi connectivity index (χ2v) is 11.3. The van der Waals surface area contributed by atoms with Crippen molar-refractivity contribution in [3.05, 3.63) is 18.1 Å². The predicted octanol–water partition coefficient (Wildman–Crippen LogP) is 1.75. The minimum Gasteiger partial charge on any atom is -0.383 e. The van der Waals surface area contributed by atoms with Crippen molar-refractivity contribution >= 4 is 54.5 Å². The van der Waals surface area contributed by atoms with Crippen LogP contribution in [0.3, 0.4) is 0 Å². The number of nitrogen functional groups attached to an aromatic ring is 1. The quantitative estimate of drug-likeness (QED) is 0.112. The van der Waals surface area contributed by atoms with Gasteiger partial charge >= 0.3 is 16.1 Å². The van der Waals surface area contributed by atoms with Crippen molar-refractivity contribution in [3.63, 3.8) is 0 Å². The summed E-state index contributed by atoms with van der Waals surface area (Å²) in [5, 5.41) is 0.553. The van der Waals surface area contributed by atoms with Crippen LogP contribution in [0.2, 0.25) is 0 Å². The van der Waals surface area contributed by atoms with E-state index in [4.69, 9.17) is 30.4 Å². The zero-order valence-corrected chi connectivity index (χ0v) is 20.7. The maximum atomic E-state index is 11.8. The van der Waals surface area contributed by atoms with Gasteiger partial charge in [0.1, 0.15) is 36.1 Å². The molecule has 5 atom stereocenters. The number of rotatable bonds is 10. The van der Waals surface area contributed by atoms with Gasteiger partial charge in [-0.25, -0.2) is 14.5 Å². The monoisotopic (exact) mass is 538 g/mol. The number of hydrogen-bond acceptors (Lipinski definition) is 12.